The highest BCUT2D eigenvalue weighted by atomic mass is 16.3. The van der Waals surface area contributed by atoms with Crippen molar-refractivity contribution in [3.63, 3.8) is 0 Å². The molecule has 288 valence electrons. The molecule has 0 aliphatic heterocycles. The first-order valence-corrected chi connectivity index (χ1v) is 21.1. The van der Waals surface area contributed by atoms with Gasteiger partial charge in [-0.3, -0.25) is 0 Å². The van der Waals surface area contributed by atoms with E-state index in [-0.39, 0.29) is 5.41 Å². The van der Waals surface area contributed by atoms with Gasteiger partial charge in [0.2, 0.25) is 0 Å². The molecule has 0 N–H and O–H groups in total. The number of hydrogen-bond acceptors (Lipinski definition) is 1. The van der Waals surface area contributed by atoms with Crippen molar-refractivity contribution in [2.24, 2.45) is 0 Å². The Morgan fingerprint density at radius 3 is 1.75 bits per heavy atom. The van der Waals surface area contributed by atoms with Crippen molar-refractivity contribution in [1.29, 1.82) is 0 Å². The molecule has 0 fully saturated rings. The number of rotatable bonds is 3. The van der Waals surface area contributed by atoms with Crippen LogP contribution in [0.25, 0.3) is 105 Å². The van der Waals surface area contributed by atoms with E-state index in [9.17, 15) is 0 Å². The van der Waals surface area contributed by atoms with Crippen LogP contribution in [0.1, 0.15) is 25.0 Å². The van der Waals surface area contributed by atoms with Crippen LogP contribution in [0.15, 0.2) is 205 Å². The van der Waals surface area contributed by atoms with Crippen LogP contribution < -0.4 is 0 Å². The van der Waals surface area contributed by atoms with E-state index >= 15 is 0 Å². The quantitative estimate of drug-likeness (QED) is 0.175. The van der Waals surface area contributed by atoms with Crippen LogP contribution in [0, 0.1) is 0 Å². The van der Waals surface area contributed by atoms with E-state index in [1.54, 1.807) is 0 Å². The van der Waals surface area contributed by atoms with Gasteiger partial charge in [-0.1, -0.05) is 111 Å². The summed E-state index contributed by atoms with van der Waals surface area (Å²) in [6.07, 6.45) is 0. The predicted octanol–water partition coefficient (Wildman–Crippen LogP) is 15.2. The number of para-hydroxylation sites is 2. The van der Waals surface area contributed by atoms with E-state index in [0.717, 1.165) is 77.4 Å². The second kappa shape index (κ2) is 12.6. The molecule has 12 aromatic rings. The van der Waals surface area contributed by atoms with Gasteiger partial charge in [0.25, 0.3) is 0 Å². The molecule has 3 heterocycles. The summed E-state index contributed by atoms with van der Waals surface area (Å²) in [6.45, 7) is 4.70. The summed E-state index contributed by atoms with van der Waals surface area (Å²) in [6, 6.07) is 73.4. The fraction of sp³-hybridized carbons (Fsp3) is 0.0526. The number of nitrogens with zero attached hydrogens (tertiary/aromatic N) is 3. The fourth-order valence-corrected chi connectivity index (χ4v) is 10.4. The Morgan fingerprint density at radius 1 is 0.377 bits per heavy atom. The molecule has 0 radical (unpaired) electrons. The van der Waals surface area contributed by atoms with E-state index in [1.807, 2.05) is 0 Å². The molecule has 0 saturated carbocycles. The normalized spacial score (nSPS) is 13.2. The molecule has 0 saturated heterocycles. The van der Waals surface area contributed by atoms with Crippen LogP contribution in [-0.2, 0) is 5.41 Å². The molecule has 4 heteroatoms. The lowest BCUT2D eigenvalue weighted by Crippen LogP contribution is -2.15. The van der Waals surface area contributed by atoms with Crippen molar-refractivity contribution in [3.8, 4) is 28.2 Å². The molecule has 61 heavy (non-hydrogen) atoms. The summed E-state index contributed by atoms with van der Waals surface area (Å²) >= 11 is 0. The van der Waals surface area contributed by atoms with Gasteiger partial charge in [0.15, 0.2) is 0 Å². The average Bonchev–Trinajstić information content (AvgIpc) is 3.92. The van der Waals surface area contributed by atoms with Crippen LogP contribution in [0.2, 0.25) is 0 Å². The van der Waals surface area contributed by atoms with E-state index in [2.05, 4.69) is 228 Å². The van der Waals surface area contributed by atoms with Crippen molar-refractivity contribution >= 4 is 76.6 Å². The topological polar surface area (TPSA) is 27.9 Å². The fourth-order valence-electron chi connectivity index (χ4n) is 10.4. The minimum atomic E-state index is -0.124. The number of hydrogen-bond donors (Lipinski definition) is 0. The maximum absolute atomic E-state index is 6.62. The molecule has 13 rings (SSSR count). The summed E-state index contributed by atoms with van der Waals surface area (Å²) in [5.74, 6) is 0. The van der Waals surface area contributed by atoms with Crippen molar-refractivity contribution in [3.05, 3.63) is 211 Å². The molecule has 0 unspecified atom stereocenters. The lowest BCUT2D eigenvalue weighted by molar-refractivity contribution is 0.660. The molecule has 4 nitrogen and oxygen atoms in total. The molecule has 1 aliphatic rings. The molecular formula is C57H39N3O. The Labute approximate surface area is 352 Å². The first-order chi connectivity index (χ1) is 30.0. The molecule has 1 aliphatic carbocycles. The molecule has 8 bridgehead atoms. The molecule has 0 atom stereocenters. The Hall–Kier alpha value is -7.82. The summed E-state index contributed by atoms with van der Waals surface area (Å²) in [4.78, 5) is 0. The van der Waals surface area contributed by atoms with Crippen LogP contribution in [0.4, 0.5) is 0 Å². The smallest absolute Gasteiger partial charge is 0.135 e. The highest BCUT2D eigenvalue weighted by Crippen LogP contribution is 2.49. The highest BCUT2D eigenvalue weighted by molar-refractivity contribution is 6.14. The average molecular weight is 782 g/mol. The minimum absolute atomic E-state index is 0.124. The summed E-state index contributed by atoms with van der Waals surface area (Å²) < 4.78 is 13.9. The molecule has 0 amide bonds. The third-order valence-corrected chi connectivity index (χ3v) is 13.3. The highest BCUT2D eigenvalue weighted by Gasteiger charge is 2.35. The van der Waals surface area contributed by atoms with E-state index in [0.29, 0.717) is 0 Å². The minimum Gasteiger partial charge on any atom is -0.456 e. The van der Waals surface area contributed by atoms with Crippen molar-refractivity contribution in [2.75, 3.05) is 0 Å². The van der Waals surface area contributed by atoms with E-state index in [1.165, 1.54) is 38.5 Å². The number of aromatic nitrogens is 3. The van der Waals surface area contributed by atoms with Gasteiger partial charge in [-0.15, -0.1) is 0 Å². The first kappa shape index (κ1) is 34.1. The lowest BCUT2D eigenvalue weighted by atomic mass is 9.82. The van der Waals surface area contributed by atoms with Crippen LogP contribution in [0.3, 0.4) is 0 Å². The number of fused-ring (bicyclic) bond motifs is 13. The molecule has 0 spiro atoms. The summed E-state index contributed by atoms with van der Waals surface area (Å²) in [7, 11) is 0. The monoisotopic (exact) mass is 781 g/mol. The van der Waals surface area contributed by atoms with Gasteiger partial charge in [0.1, 0.15) is 11.2 Å². The Morgan fingerprint density at radius 2 is 0.984 bits per heavy atom. The maximum atomic E-state index is 6.62. The zero-order valence-electron chi connectivity index (χ0n) is 33.8. The van der Waals surface area contributed by atoms with Crippen LogP contribution in [0.5, 0.6) is 0 Å². The Kier molecular flexibility index (Phi) is 7.04. The van der Waals surface area contributed by atoms with Crippen molar-refractivity contribution in [1.82, 2.24) is 13.7 Å². The van der Waals surface area contributed by atoms with Gasteiger partial charge < -0.3 is 18.1 Å². The standard InChI is InChI=1S/C57H39N3O/c1-57(2)49-21-8-6-19-44(49)45-28-25-43(35-50(45)57)58-39-17-10-13-36(31-39)37-14-11-18-40(32-37)59(42-27-30-55-48(34-42)47-33-41(58)26-29-54(47)61-55)52-23-12-24-53-56(52)46-20-7-9-22-51(46)60(53)38-15-4-3-5-16-38/h3-35H,1-2H3. The van der Waals surface area contributed by atoms with Gasteiger partial charge in [0, 0.05) is 60.4 Å². The molecule has 3 aromatic heterocycles. The van der Waals surface area contributed by atoms with E-state index < -0.39 is 0 Å². The summed E-state index contributed by atoms with van der Waals surface area (Å²) in [5.41, 5.74) is 17.0. The second-order valence-electron chi connectivity index (χ2n) is 17.0. The van der Waals surface area contributed by atoms with Crippen molar-refractivity contribution < 1.29 is 4.42 Å². The molecular weight excluding hydrogens is 743 g/mol. The van der Waals surface area contributed by atoms with Gasteiger partial charge in [-0.05, 0) is 136 Å². The Bertz CT molecular complexity index is 3850. The largest absolute Gasteiger partial charge is 0.456 e. The summed E-state index contributed by atoms with van der Waals surface area (Å²) in [5, 5.41) is 6.85. The van der Waals surface area contributed by atoms with E-state index in [4.69, 9.17) is 4.42 Å². The van der Waals surface area contributed by atoms with Gasteiger partial charge in [-0.25, -0.2) is 0 Å². The maximum Gasteiger partial charge on any atom is 0.135 e. The van der Waals surface area contributed by atoms with Gasteiger partial charge in [-0.2, -0.15) is 0 Å². The SMILES string of the molecule is CC1(C)c2ccccc2-c2ccc(-n3c4cccc(c4)c4cccc(c4)n(-c4cccc5c4c4ccccc4n5-c4ccccc4)c4ccc5oc6ccc3cc6c5c4)cc21. The first-order valence-electron chi connectivity index (χ1n) is 21.1. The zero-order chi connectivity index (χ0) is 40.4. The Balaban J connectivity index is 1.15. The number of furan rings is 1. The van der Waals surface area contributed by atoms with Crippen LogP contribution >= 0.6 is 0 Å². The second-order valence-corrected chi connectivity index (χ2v) is 17.0. The van der Waals surface area contributed by atoms with Crippen molar-refractivity contribution in [2.45, 2.75) is 19.3 Å². The lowest BCUT2D eigenvalue weighted by Gasteiger charge is -2.22. The zero-order valence-corrected chi connectivity index (χ0v) is 33.8. The van der Waals surface area contributed by atoms with Crippen LogP contribution in [-0.4, -0.2) is 13.7 Å². The third kappa shape index (κ3) is 4.93. The number of benzene rings is 9. The van der Waals surface area contributed by atoms with Gasteiger partial charge in [0.05, 0.1) is 16.7 Å². The predicted molar refractivity (Wildman–Crippen MR) is 254 cm³/mol. The molecule has 9 aromatic carbocycles. The van der Waals surface area contributed by atoms with Gasteiger partial charge >= 0.3 is 0 Å². The third-order valence-electron chi connectivity index (χ3n) is 13.3.